The van der Waals surface area contributed by atoms with E-state index in [0.717, 1.165) is 21.3 Å². The first-order valence-electron chi connectivity index (χ1n) is 11.2. The summed E-state index contributed by atoms with van der Waals surface area (Å²) < 4.78 is 17.7. The maximum absolute atomic E-state index is 13.0. The number of methoxy groups -OCH3 is 1. The lowest BCUT2D eigenvalue weighted by atomic mass is 9.96. The fourth-order valence-electron chi connectivity index (χ4n) is 3.67. The highest BCUT2D eigenvalue weighted by Crippen LogP contribution is 2.28. The van der Waals surface area contributed by atoms with Crippen LogP contribution in [0, 0.1) is 6.92 Å². The van der Waals surface area contributed by atoms with Crippen LogP contribution >= 0.6 is 15.9 Å². The molecule has 0 heterocycles. The third-order valence-corrected chi connectivity index (χ3v) is 6.10. The van der Waals surface area contributed by atoms with E-state index >= 15 is 0 Å². The fraction of sp³-hybridized carbons (Fsp3) is 0.286. The van der Waals surface area contributed by atoms with E-state index in [1.54, 1.807) is 18.2 Å². The van der Waals surface area contributed by atoms with Crippen LogP contribution in [0.4, 0.5) is 0 Å². The second-order valence-electron chi connectivity index (χ2n) is 8.16. The highest BCUT2D eigenvalue weighted by atomic mass is 79.9. The fourth-order valence-corrected chi connectivity index (χ4v) is 4.03. The van der Waals surface area contributed by atoms with E-state index < -0.39 is 0 Å². The van der Waals surface area contributed by atoms with Gasteiger partial charge in [0.1, 0.15) is 11.5 Å². The van der Waals surface area contributed by atoms with E-state index in [0.29, 0.717) is 29.9 Å². The first kappa shape index (κ1) is 25.5. The van der Waals surface area contributed by atoms with Crippen molar-refractivity contribution in [3.05, 3.63) is 93.5 Å². The standard InChI is InChI=1S/C28H29BrO5/c1-18-16-23(11-12-24(18)20(3)28(31)32-4)33-15-14-19(2)34-26-13-10-22(29)17-25(26)27(30)21-8-6-5-7-9-21/h5-13,16-17,19-20H,14-15H2,1-4H3. The lowest BCUT2D eigenvalue weighted by Gasteiger charge is -2.18. The Morgan fingerprint density at radius 2 is 1.71 bits per heavy atom. The van der Waals surface area contributed by atoms with Gasteiger partial charge in [-0.15, -0.1) is 0 Å². The molecule has 2 atom stereocenters. The van der Waals surface area contributed by atoms with Gasteiger partial charge in [-0.3, -0.25) is 9.59 Å². The third kappa shape index (κ3) is 6.48. The summed E-state index contributed by atoms with van der Waals surface area (Å²) in [5, 5.41) is 0. The lowest BCUT2D eigenvalue weighted by Crippen LogP contribution is -2.18. The van der Waals surface area contributed by atoms with Crippen molar-refractivity contribution in [2.75, 3.05) is 13.7 Å². The second kappa shape index (κ2) is 11.8. The van der Waals surface area contributed by atoms with Crippen LogP contribution in [0.15, 0.2) is 71.2 Å². The topological polar surface area (TPSA) is 61.8 Å². The van der Waals surface area contributed by atoms with Gasteiger partial charge in [0.05, 0.1) is 31.3 Å². The molecule has 0 aliphatic heterocycles. The number of rotatable bonds is 10. The van der Waals surface area contributed by atoms with Crippen LogP contribution in [0.1, 0.15) is 53.2 Å². The van der Waals surface area contributed by atoms with Gasteiger partial charge in [0.2, 0.25) is 0 Å². The lowest BCUT2D eigenvalue weighted by molar-refractivity contribution is -0.142. The average molecular weight is 525 g/mol. The van der Waals surface area contributed by atoms with Gasteiger partial charge in [-0.2, -0.15) is 0 Å². The van der Waals surface area contributed by atoms with Crippen molar-refractivity contribution in [1.82, 2.24) is 0 Å². The van der Waals surface area contributed by atoms with Gasteiger partial charge in [0, 0.05) is 16.5 Å². The molecular weight excluding hydrogens is 496 g/mol. The van der Waals surface area contributed by atoms with Gasteiger partial charge in [-0.1, -0.05) is 52.3 Å². The molecule has 0 aliphatic rings. The van der Waals surface area contributed by atoms with Gasteiger partial charge in [-0.05, 0) is 62.2 Å². The van der Waals surface area contributed by atoms with Gasteiger partial charge in [0.25, 0.3) is 0 Å². The summed E-state index contributed by atoms with van der Waals surface area (Å²) in [4.78, 5) is 24.8. The molecule has 0 N–H and O–H groups in total. The molecule has 0 aliphatic carbocycles. The Kier molecular flexibility index (Phi) is 8.88. The van der Waals surface area contributed by atoms with Gasteiger partial charge >= 0.3 is 5.97 Å². The molecule has 0 amide bonds. The Balaban J connectivity index is 1.61. The van der Waals surface area contributed by atoms with Crippen molar-refractivity contribution >= 4 is 27.7 Å². The summed E-state index contributed by atoms with van der Waals surface area (Å²) in [5.41, 5.74) is 3.02. The van der Waals surface area contributed by atoms with Crippen LogP contribution in [0.2, 0.25) is 0 Å². The molecule has 0 bridgehead atoms. The monoisotopic (exact) mass is 524 g/mol. The van der Waals surface area contributed by atoms with Crippen LogP contribution < -0.4 is 9.47 Å². The number of halogens is 1. The largest absolute Gasteiger partial charge is 0.493 e. The Hall–Kier alpha value is -3.12. The number of aryl methyl sites for hydroxylation is 1. The normalized spacial score (nSPS) is 12.5. The quantitative estimate of drug-likeness (QED) is 0.223. The van der Waals surface area contributed by atoms with Crippen molar-refractivity contribution in [1.29, 1.82) is 0 Å². The Morgan fingerprint density at radius 3 is 2.38 bits per heavy atom. The Labute approximate surface area is 209 Å². The van der Waals surface area contributed by atoms with E-state index in [9.17, 15) is 9.59 Å². The van der Waals surface area contributed by atoms with Crippen molar-refractivity contribution in [3.63, 3.8) is 0 Å². The van der Waals surface area contributed by atoms with E-state index in [4.69, 9.17) is 14.2 Å². The SMILES string of the molecule is COC(=O)C(C)c1ccc(OCCC(C)Oc2ccc(Br)cc2C(=O)c2ccccc2)cc1C. The minimum atomic E-state index is -0.328. The van der Waals surface area contributed by atoms with Crippen molar-refractivity contribution < 1.29 is 23.8 Å². The second-order valence-corrected chi connectivity index (χ2v) is 9.08. The molecule has 0 radical (unpaired) electrons. The first-order valence-corrected chi connectivity index (χ1v) is 12.0. The smallest absolute Gasteiger partial charge is 0.312 e. The molecule has 2 unspecified atom stereocenters. The van der Waals surface area contributed by atoms with Crippen LogP contribution in [-0.2, 0) is 9.53 Å². The van der Waals surface area contributed by atoms with E-state index in [1.165, 1.54) is 7.11 Å². The summed E-state index contributed by atoms with van der Waals surface area (Å²) in [5.74, 6) is 0.597. The van der Waals surface area contributed by atoms with Crippen LogP contribution in [-0.4, -0.2) is 31.6 Å². The number of hydrogen-bond donors (Lipinski definition) is 0. The average Bonchev–Trinajstić information content (AvgIpc) is 2.84. The van der Waals surface area contributed by atoms with E-state index in [1.807, 2.05) is 69.3 Å². The molecule has 3 aromatic rings. The molecule has 0 saturated carbocycles. The van der Waals surface area contributed by atoms with Gasteiger partial charge in [0.15, 0.2) is 5.78 Å². The number of benzene rings is 3. The molecule has 3 rings (SSSR count). The first-order chi connectivity index (χ1) is 16.3. The van der Waals surface area contributed by atoms with E-state index in [2.05, 4.69) is 15.9 Å². The molecule has 0 aromatic heterocycles. The number of esters is 1. The molecule has 34 heavy (non-hydrogen) atoms. The molecule has 0 saturated heterocycles. The summed E-state index contributed by atoms with van der Waals surface area (Å²) in [6, 6.07) is 20.3. The van der Waals surface area contributed by atoms with Crippen LogP contribution in [0.25, 0.3) is 0 Å². The molecule has 178 valence electrons. The van der Waals surface area contributed by atoms with E-state index in [-0.39, 0.29) is 23.8 Å². The summed E-state index contributed by atoms with van der Waals surface area (Å²) >= 11 is 3.45. The highest BCUT2D eigenvalue weighted by molar-refractivity contribution is 9.10. The van der Waals surface area contributed by atoms with Crippen LogP contribution in [0.3, 0.4) is 0 Å². The molecule has 0 fully saturated rings. The molecule has 0 spiro atoms. The number of ketones is 1. The van der Waals surface area contributed by atoms with Crippen LogP contribution in [0.5, 0.6) is 11.5 Å². The summed E-state index contributed by atoms with van der Waals surface area (Å²) in [6.45, 7) is 6.18. The zero-order valence-electron chi connectivity index (χ0n) is 19.8. The van der Waals surface area contributed by atoms with Crippen molar-refractivity contribution in [2.24, 2.45) is 0 Å². The Morgan fingerprint density at radius 1 is 0.971 bits per heavy atom. The third-order valence-electron chi connectivity index (χ3n) is 5.61. The molecule has 6 heteroatoms. The number of carbonyl (C=O) groups is 2. The highest BCUT2D eigenvalue weighted by Gasteiger charge is 2.19. The van der Waals surface area contributed by atoms with Gasteiger partial charge < -0.3 is 14.2 Å². The van der Waals surface area contributed by atoms with Crippen molar-refractivity contribution in [3.8, 4) is 11.5 Å². The summed E-state index contributed by atoms with van der Waals surface area (Å²) in [7, 11) is 1.39. The zero-order chi connectivity index (χ0) is 24.7. The Bertz CT molecular complexity index is 1140. The number of hydrogen-bond acceptors (Lipinski definition) is 5. The number of ether oxygens (including phenoxy) is 3. The van der Waals surface area contributed by atoms with Gasteiger partial charge in [-0.25, -0.2) is 0 Å². The maximum Gasteiger partial charge on any atom is 0.312 e. The minimum Gasteiger partial charge on any atom is -0.493 e. The van der Waals surface area contributed by atoms with Crippen molar-refractivity contribution in [2.45, 2.75) is 39.2 Å². The molecule has 3 aromatic carbocycles. The minimum absolute atomic E-state index is 0.0860. The predicted molar refractivity (Wildman–Crippen MR) is 136 cm³/mol. The maximum atomic E-state index is 13.0. The molecular formula is C28H29BrO5. The number of carbonyl (C=O) groups excluding carboxylic acids is 2. The zero-order valence-corrected chi connectivity index (χ0v) is 21.4. The predicted octanol–water partition coefficient (Wildman–Crippen LogP) is 6.50. The summed E-state index contributed by atoms with van der Waals surface area (Å²) in [6.07, 6.45) is 0.470. The molecule has 5 nitrogen and oxygen atoms in total.